The van der Waals surface area contributed by atoms with Crippen molar-refractivity contribution in [1.82, 2.24) is 5.43 Å². The second kappa shape index (κ2) is 7.30. The summed E-state index contributed by atoms with van der Waals surface area (Å²) in [5, 5.41) is 13.7. The summed E-state index contributed by atoms with van der Waals surface area (Å²) >= 11 is 2.00. The van der Waals surface area contributed by atoms with E-state index < -0.39 is 5.91 Å². The molecule has 2 rings (SSSR count). The smallest absolute Gasteiger partial charge is 0.307 e. The zero-order valence-electron chi connectivity index (χ0n) is 12.1. The summed E-state index contributed by atoms with van der Waals surface area (Å²) in [4.78, 5) is 11.8. The van der Waals surface area contributed by atoms with Gasteiger partial charge < -0.3 is 14.3 Å². The molecule has 6 nitrogen and oxygen atoms in total. The van der Waals surface area contributed by atoms with Crippen LogP contribution in [0.15, 0.2) is 33.8 Å². The van der Waals surface area contributed by atoms with Gasteiger partial charge in [-0.1, -0.05) is 0 Å². The molecule has 0 spiro atoms. The van der Waals surface area contributed by atoms with E-state index in [1.807, 2.05) is 29.5 Å². The average Bonchev–Trinajstić information content (AvgIpc) is 2.91. The molecule has 0 saturated carbocycles. The molecule has 2 aromatic rings. The molecule has 0 saturated heterocycles. The van der Waals surface area contributed by atoms with Crippen molar-refractivity contribution in [1.29, 1.82) is 0 Å². The Labute approximate surface area is 141 Å². The molecule has 0 fully saturated rings. The molecular weight excluding hydrogens is 399 g/mol. The van der Waals surface area contributed by atoms with Gasteiger partial charge in [0, 0.05) is 0 Å². The predicted octanol–water partition coefficient (Wildman–Crippen LogP) is 3.06. The number of carbonyl (C=O) groups excluding carboxylic acids is 1. The van der Waals surface area contributed by atoms with E-state index >= 15 is 0 Å². The van der Waals surface area contributed by atoms with Gasteiger partial charge in [0.15, 0.2) is 17.3 Å². The number of hydrogen-bond donors (Lipinski definition) is 2. The van der Waals surface area contributed by atoms with Gasteiger partial charge in [-0.15, -0.1) is 0 Å². The number of ether oxygens (including phenoxy) is 1. The van der Waals surface area contributed by atoms with E-state index in [-0.39, 0.29) is 11.5 Å². The van der Waals surface area contributed by atoms with Crippen LogP contribution < -0.4 is 10.2 Å². The lowest BCUT2D eigenvalue weighted by atomic mass is 10.2. The number of nitrogens with zero attached hydrogens (tertiary/aromatic N) is 1. The number of rotatable bonds is 5. The molecule has 1 aromatic heterocycles. The summed E-state index contributed by atoms with van der Waals surface area (Å²) in [6.45, 7) is 4.03. The number of halogens is 1. The number of hydrazone groups is 1. The van der Waals surface area contributed by atoms with E-state index in [9.17, 15) is 9.90 Å². The molecule has 0 aliphatic rings. The third-order valence-electron chi connectivity index (χ3n) is 2.69. The number of furan rings is 1. The lowest BCUT2D eigenvalue weighted by molar-refractivity contribution is 0.0926. The maximum Gasteiger partial charge on any atom is 0.307 e. The lowest BCUT2D eigenvalue weighted by Crippen LogP contribution is -2.16. The molecule has 2 N–H and O–H groups in total. The Hall–Kier alpha value is -2.03. The van der Waals surface area contributed by atoms with Gasteiger partial charge in [0.1, 0.15) is 5.76 Å². The van der Waals surface area contributed by atoms with Crippen molar-refractivity contribution in [3.8, 4) is 11.5 Å². The van der Waals surface area contributed by atoms with Crippen molar-refractivity contribution in [2.75, 3.05) is 6.61 Å². The summed E-state index contributed by atoms with van der Waals surface area (Å²) in [5.74, 6) is 0.898. The predicted molar refractivity (Wildman–Crippen MR) is 90.5 cm³/mol. The van der Waals surface area contributed by atoms with Crippen molar-refractivity contribution >= 4 is 34.7 Å². The zero-order chi connectivity index (χ0) is 16.1. The molecular formula is C15H15IN2O4. The average molecular weight is 414 g/mol. The standard InChI is InChI=1S/C15H15IN2O4/c1-3-21-13-7-10(6-11(16)14(13)19)8-17-18-15(20)12-5-4-9(2)22-12/h4-8,19H,3H2,1-2H3,(H,18,20)/b17-8-. The summed E-state index contributed by atoms with van der Waals surface area (Å²) < 4.78 is 11.2. The minimum absolute atomic E-state index is 0.0923. The van der Waals surface area contributed by atoms with E-state index in [0.717, 1.165) is 0 Å². The summed E-state index contributed by atoms with van der Waals surface area (Å²) in [6, 6.07) is 6.66. The van der Waals surface area contributed by atoms with Crippen molar-refractivity contribution in [2.24, 2.45) is 5.10 Å². The first kappa shape index (κ1) is 16.3. The van der Waals surface area contributed by atoms with E-state index in [1.54, 1.807) is 31.2 Å². The van der Waals surface area contributed by atoms with Crippen LogP contribution in [0.4, 0.5) is 0 Å². The van der Waals surface area contributed by atoms with Crippen LogP contribution in [0, 0.1) is 10.5 Å². The Balaban J connectivity index is 2.08. The van der Waals surface area contributed by atoms with E-state index in [0.29, 0.717) is 27.3 Å². The first-order valence-electron chi connectivity index (χ1n) is 6.56. The summed E-state index contributed by atoms with van der Waals surface area (Å²) in [5.41, 5.74) is 3.07. The van der Waals surface area contributed by atoms with Crippen molar-refractivity contribution in [3.63, 3.8) is 0 Å². The number of phenolic OH excluding ortho intramolecular Hbond substituents is 1. The minimum Gasteiger partial charge on any atom is -0.504 e. The maximum atomic E-state index is 11.8. The Morgan fingerprint density at radius 2 is 2.27 bits per heavy atom. The molecule has 0 aliphatic carbocycles. The second-order valence-corrected chi connectivity index (χ2v) is 5.55. The minimum atomic E-state index is -0.428. The molecule has 0 bridgehead atoms. The first-order valence-corrected chi connectivity index (χ1v) is 7.64. The quantitative estimate of drug-likeness (QED) is 0.448. The van der Waals surface area contributed by atoms with E-state index in [4.69, 9.17) is 9.15 Å². The van der Waals surface area contributed by atoms with Gasteiger partial charge in [0.25, 0.3) is 0 Å². The molecule has 0 unspecified atom stereocenters. The fourth-order valence-electron chi connectivity index (χ4n) is 1.71. The highest BCUT2D eigenvalue weighted by atomic mass is 127. The van der Waals surface area contributed by atoms with Gasteiger partial charge in [-0.25, -0.2) is 5.43 Å². The fourth-order valence-corrected chi connectivity index (χ4v) is 2.34. The highest BCUT2D eigenvalue weighted by Crippen LogP contribution is 2.32. The SMILES string of the molecule is CCOc1cc(/C=N\NC(=O)c2ccc(C)o2)cc(I)c1O. The fraction of sp³-hybridized carbons (Fsp3) is 0.200. The van der Waals surface area contributed by atoms with Gasteiger partial charge in [-0.05, 0) is 66.3 Å². The Morgan fingerprint density at radius 3 is 2.91 bits per heavy atom. The summed E-state index contributed by atoms with van der Waals surface area (Å²) in [7, 11) is 0. The normalized spacial score (nSPS) is 10.9. The molecule has 0 radical (unpaired) electrons. The van der Waals surface area contributed by atoms with Crippen molar-refractivity contribution < 1.29 is 19.1 Å². The Kier molecular flexibility index (Phi) is 5.42. The summed E-state index contributed by atoms with van der Waals surface area (Å²) in [6.07, 6.45) is 1.47. The second-order valence-electron chi connectivity index (χ2n) is 4.39. The molecule has 0 atom stereocenters. The van der Waals surface area contributed by atoms with Gasteiger partial charge >= 0.3 is 5.91 Å². The number of nitrogens with one attached hydrogen (secondary N) is 1. The van der Waals surface area contributed by atoms with Gasteiger partial charge in [-0.2, -0.15) is 5.10 Å². The molecule has 1 amide bonds. The monoisotopic (exact) mass is 414 g/mol. The molecule has 0 aliphatic heterocycles. The van der Waals surface area contributed by atoms with Gasteiger partial charge in [-0.3, -0.25) is 4.79 Å². The van der Waals surface area contributed by atoms with Crippen LogP contribution in [0.3, 0.4) is 0 Å². The van der Waals surface area contributed by atoms with E-state index in [2.05, 4.69) is 10.5 Å². The Bertz CT molecular complexity index is 710. The zero-order valence-corrected chi connectivity index (χ0v) is 14.2. The topological polar surface area (TPSA) is 84.1 Å². The number of benzene rings is 1. The van der Waals surface area contributed by atoms with Crippen LogP contribution in [0.25, 0.3) is 0 Å². The number of aromatic hydroxyl groups is 1. The van der Waals surface area contributed by atoms with Crippen LogP contribution in [0.2, 0.25) is 0 Å². The van der Waals surface area contributed by atoms with Gasteiger partial charge in [0.2, 0.25) is 0 Å². The number of amides is 1. The lowest BCUT2D eigenvalue weighted by Gasteiger charge is -2.08. The van der Waals surface area contributed by atoms with Crippen molar-refractivity contribution in [2.45, 2.75) is 13.8 Å². The van der Waals surface area contributed by atoms with E-state index in [1.165, 1.54) is 6.21 Å². The third-order valence-corrected chi connectivity index (χ3v) is 3.52. The number of aryl methyl sites for hydroxylation is 1. The Morgan fingerprint density at radius 1 is 1.50 bits per heavy atom. The molecule has 1 heterocycles. The number of phenols is 1. The highest BCUT2D eigenvalue weighted by molar-refractivity contribution is 14.1. The van der Waals surface area contributed by atoms with Crippen LogP contribution >= 0.6 is 22.6 Å². The van der Waals surface area contributed by atoms with Crippen LogP contribution in [0.1, 0.15) is 28.8 Å². The maximum absolute atomic E-state index is 11.8. The largest absolute Gasteiger partial charge is 0.504 e. The molecule has 1 aromatic carbocycles. The number of hydrogen-bond acceptors (Lipinski definition) is 5. The molecule has 116 valence electrons. The van der Waals surface area contributed by atoms with Gasteiger partial charge in [0.05, 0.1) is 16.4 Å². The van der Waals surface area contributed by atoms with Crippen LogP contribution in [0.5, 0.6) is 11.5 Å². The third kappa shape index (κ3) is 4.00. The first-order chi connectivity index (χ1) is 10.5. The molecule has 7 heteroatoms. The van der Waals surface area contributed by atoms with Crippen molar-refractivity contribution in [3.05, 3.63) is 44.9 Å². The highest BCUT2D eigenvalue weighted by Gasteiger charge is 2.10. The van der Waals surface area contributed by atoms with Crippen LogP contribution in [-0.2, 0) is 0 Å². The van der Waals surface area contributed by atoms with Crippen LogP contribution in [-0.4, -0.2) is 23.8 Å². The number of carbonyl (C=O) groups is 1. The molecule has 22 heavy (non-hydrogen) atoms.